The second-order valence-corrected chi connectivity index (χ2v) is 33.4. The summed E-state index contributed by atoms with van der Waals surface area (Å²) in [4.78, 5) is 217. The number of unbranched alkanes of at least 4 members (excludes halogenated alkanes) is 2. The number of carbonyl (C=O) groups excluding carboxylic acids is 14. The molecule has 0 bridgehead atoms. The van der Waals surface area contributed by atoms with Crippen LogP contribution in [0.2, 0.25) is 0 Å². The molecular weight excluding hydrogens is 1770 g/mol. The van der Waals surface area contributed by atoms with Gasteiger partial charge < -0.3 is 114 Å². The Hall–Kier alpha value is -10.7. The lowest BCUT2D eigenvalue weighted by molar-refractivity contribution is -0.277. The molecule has 2 aromatic carbocycles. The number of carboxylic acid groups (broad SMARTS) is 1. The van der Waals surface area contributed by atoms with Gasteiger partial charge in [-0.15, -0.1) is 11.8 Å². The second kappa shape index (κ2) is 63.4. The number of carboxylic acids is 1. The number of para-hydroxylation sites is 1. The van der Waals surface area contributed by atoms with Crippen molar-refractivity contribution in [1.82, 2.24) is 68.4 Å². The van der Waals surface area contributed by atoms with Gasteiger partial charge in [-0.1, -0.05) is 55.7 Å². The van der Waals surface area contributed by atoms with E-state index in [0.29, 0.717) is 67.6 Å². The first-order valence-corrected chi connectivity index (χ1v) is 47.2. The van der Waals surface area contributed by atoms with E-state index in [1.165, 1.54) is 17.8 Å². The Morgan fingerprint density at radius 2 is 1.13 bits per heavy atom. The number of amidine groups is 1. The topological polar surface area (TPSA) is 649 Å². The van der Waals surface area contributed by atoms with Crippen molar-refractivity contribution < 1.29 is 129 Å². The minimum absolute atomic E-state index is 0.0193. The fourth-order valence-corrected chi connectivity index (χ4v) is 15.4. The average Bonchev–Trinajstić information content (AvgIpc) is 1.66. The highest BCUT2D eigenvalue weighted by atomic mass is 32.2. The van der Waals surface area contributed by atoms with Gasteiger partial charge in [-0.25, -0.2) is 4.79 Å². The van der Waals surface area contributed by atoms with Gasteiger partial charge in [-0.2, -0.15) is 0 Å². The first-order valence-electron chi connectivity index (χ1n) is 43.6. The molecule has 3 unspecified atom stereocenters. The molecule has 44 nitrogen and oxygen atoms in total. The number of pyridine rings is 1. The van der Waals surface area contributed by atoms with Crippen molar-refractivity contribution in [2.45, 2.75) is 202 Å². The highest BCUT2D eigenvalue weighted by Crippen LogP contribution is 2.36. The number of urea groups is 1. The smallest absolute Gasteiger partial charge is 0.323 e. The first-order chi connectivity index (χ1) is 62.8. The number of aryl methyl sites for hydroxylation is 1. The standard InChI is InChI=1S/C84H127N17O27P2S/c1-58-15-3-4-17-62(58)99-82(117)95-61-26-23-59(24-27-61)55-74(108)97-64(19-6-10-38-89-68(102)28-25-60-16-12-37-87-57-60)78(113)98-65(20-11-22-76(110)111)79(114)100-83(34-7-2-8-35-83)81(116)94-44-49-126-53-52-125-47-42-92-70(104)30-29-69(103)91-41-46-123-50-51-124-48-43-93-71(105)31-32-73(107)96-63(77(86)112)18-5-9-39-90-72(106)33-45-101-75(109)56-66(80(101)115)131-54-13-21-67(85)88-40-14-36-84(118,127-129(119)120)128-130(121)122/h3-4,12,15-17,23-28,37,57,63-66,118,129-130H,2,5-11,13-14,18-22,29-36,38-56H2,1H3,(H2,85,88)(H2,86,112)(H,89,102)(H,90,106)(H,91,103)(H,92,104)(H,93,105)(H,94,116)(H,96,107)(H,97,108)(H,98,113)(H,100,114)(H,110,111)(H,119,120)(H,121,122)(H2,95,99,117)/b28-25+/t63-,64-,65-,66?/m0/s1. The van der Waals surface area contributed by atoms with Crippen LogP contribution < -0.4 is 74.9 Å². The minimum Gasteiger partial charge on any atom is -0.481 e. The fraction of sp³-hybridized carbons (Fsp3) is 0.583. The van der Waals surface area contributed by atoms with Crippen LogP contribution in [0.15, 0.2) is 79.1 Å². The van der Waals surface area contributed by atoms with Gasteiger partial charge in [-0.05, 0) is 137 Å². The lowest BCUT2D eigenvalue weighted by atomic mass is 9.80. The maximum Gasteiger partial charge on any atom is 0.323 e. The molecule has 131 heavy (non-hydrogen) atoms. The van der Waals surface area contributed by atoms with Crippen molar-refractivity contribution >= 4 is 140 Å². The SMILES string of the molecule is Cc1ccccc1NC(=O)Nc1ccc(CC(=O)N[C@@H](CCCCNC(=O)/C=C/c2cccnc2)C(=O)N[C@@H](CCCC(=O)O)C(=O)NC2(C(=O)NCCOCCOCCNC(=O)CCC(=O)NCCOCCOCCNC(=O)CCC(=O)N[C@@H](CCCCNC(=O)CCN3C(=O)CC(SCCCC(=N)NCCCC(O)(O[PH](=O)O)O[PH](=O)O)C3=O)C(N)=O)CCCCC2)cc1. The van der Waals surface area contributed by atoms with E-state index in [2.05, 4.69) is 83.1 Å². The number of hydrogen-bond acceptors (Lipinski definition) is 27. The second-order valence-electron chi connectivity index (χ2n) is 30.7. The van der Waals surface area contributed by atoms with Gasteiger partial charge in [0.25, 0.3) is 5.97 Å². The summed E-state index contributed by atoms with van der Waals surface area (Å²) < 4.78 is 52.8. The number of anilines is 2. The van der Waals surface area contributed by atoms with E-state index in [-0.39, 0.29) is 232 Å². The number of rotatable bonds is 68. The minimum atomic E-state index is -3.70. The number of likely N-dealkylation sites (tertiary alicyclic amines) is 1. The molecule has 0 radical (unpaired) electrons. The third-order valence-corrected chi connectivity index (χ3v) is 22.5. The number of hydrogen-bond donors (Lipinski definition) is 19. The summed E-state index contributed by atoms with van der Waals surface area (Å²) in [5, 5.41) is 62.6. The number of thioether (sulfide) groups is 1. The van der Waals surface area contributed by atoms with Gasteiger partial charge in [0.1, 0.15) is 23.7 Å². The van der Waals surface area contributed by atoms with Gasteiger partial charge in [0.2, 0.25) is 76.8 Å². The number of nitrogens with one attached hydrogen (secondary N) is 14. The van der Waals surface area contributed by atoms with Crippen LogP contribution in [-0.4, -0.2) is 270 Å². The zero-order chi connectivity index (χ0) is 95.6. The lowest BCUT2D eigenvalue weighted by Gasteiger charge is -2.38. The molecule has 1 aromatic heterocycles. The Bertz CT molecular complexity index is 4260. The molecular formula is C84H127N17O27P2S. The zero-order valence-electron chi connectivity index (χ0n) is 73.6. The molecule has 20 N–H and O–H groups in total. The number of carbonyl (C=O) groups is 15. The normalized spacial score (nSPS) is 15.1. The van der Waals surface area contributed by atoms with E-state index in [1.54, 1.807) is 67.0 Å². The average molecular weight is 1900 g/mol. The Morgan fingerprint density at radius 1 is 0.588 bits per heavy atom. The van der Waals surface area contributed by atoms with Crippen LogP contribution >= 0.6 is 28.3 Å². The highest BCUT2D eigenvalue weighted by molar-refractivity contribution is 8.00. The molecule has 6 atom stereocenters. The Labute approximate surface area is 765 Å². The number of nitrogens with zero attached hydrogens (tertiary/aromatic N) is 2. The van der Waals surface area contributed by atoms with Crippen LogP contribution in [0.4, 0.5) is 16.2 Å². The molecule has 1 aliphatic carbocycles. The van der Waals surface area contributed by atoms with Crippen molar-refractivity contribution in [2.75, 3.05) is 122 Å². The maximum absolute atomic E-state index is 14.4. The summed E-state index contributed by atoms with van der Waals surface area (Å²) in [6, 6.07) is 13.3. The lowest BCUT2D eigenvalue weighted by Crippen LogP contribution is -2.63. The predicted molar refractivity (Wildman–Crippen MR) is 481 cm³/mol. The zero-order valence-corrected chi connectivity index (χ0v) is 76.5. The van der Waals surface area contributed by atoms with E-state index in [1.807, 2.05) is 19.1 Å². The molecule has 1 saturated carbocycles. The van der Waals surface area contributed by atoms with Crippen LogP contribution in [0, 0.1) is 12.3 Å². The number of imide groups is 1. The summed E-state index contributed by atoms with van der Waals surface area (Å²) in [5.74, 6) is -9.99. The Morgan fingerprint density at radius 3 is 1.71 bits per heavy atom. The van der Waals surface area contributed by atoms with Crippen LogP contribution in [0.5, 0.6) is 0 Å². The molecule has 3 aromatic rings. The number of primary amides is 1. The van der Waals surface area contributed by atoms with Crippen molar-refractivity contribution in [3.05, 3.63) is 95.8 Å². The van der Waals surface area contributed by atoms with Gasteiger partial charge in [-0.3, -0.25) is 101 Å². The summed E-state index contributed by atoms with van der Waals surface area (Å²) >= 11 is 1.24. The largest absolute Gasteiger partial charge is 0.481 e. The van der Waals surface area contributed by atoms with Crippen molar-refractivity contribution in [3.8, 4) is 0 Å². The van der Waals surface area contributed by atoms with E-state index in [9.17, 15) is 91.3 Å². The number of ether oxygens (including phenoxy) is 4. The van der Waals surface area contributed by atoms with Gasteiger partial charge in [0.15, 0.2) is 0 Å². The van der Waals surface area contributed by atoms with Crippen LogP contribution in [0.1, 0.15) is 171 Å². The molecule has 1 aliphatic heterocycles. The van der Waals surface area contributed by atoms with Crippen molar-refractivity contribution in [1.29, 1.82) is 5.41 Å². The van der Waals surface area contributed by atoms with E-state index >= 15 is 0 Å². The Kier molecular flexibility index (Phi) is 53.6. The van der Waals surface area contributed by atoms with E-state index in [0.717, 1.165) is 22.4 Å². The predicted octanol–water partition coefficient (Wildman–Crippen LogP) is 1.79. The molecule has 0 spiro atoms. The molecule has 2 heterocycles. The molecule has 726 valence electrons. The number of benzene rings is 2. The van der Waals surface area contributed by atoms with Crippen LogP contribution in [-0.2, 0) is 111 Å². The summed E-state index contributed by atoms with van der Waals surface area (Å²) in [7, 11) is -7.41. The molecule has 1 saturated heterocycles. The highest BCUT2D eigenvalue weighted by Gasteiger charge is 2.43. The van der Waals surface area contributed by atoms with Gasteiger partial charge in [0.05, 0.1) is 70.4 Å². The summed E-state index contributed by atoms with van der Waals surface area (Å²) in [6.07, 6.45) is 9.36. The monoisotopic (exact) mass is 1900 g/mol. The molecule has 2 aliphatic rings. The molecule has 15 amide bonds. The number of nitrogens with two attached hydrogens (primary N) is 1. The molecule has 47 heteroatoms. The van der Waals surface area contributed by atoms with Crippen LogP contribution in [0.25, 0.3) is 6.08 Å². The molecule has 5 rings (SSSR count). The quantitative estimate of drug-likeness (QED) is 0.00728. The number of amides is 15. The van der Waals surface area contributed by atoms with Crippen LogP contribution in [0.3, 0.4) is 0 Å². The van der Waals surface area contributed by atoms with Crippen molar-refractivity contribution in [2.24, 2.45) is 5.73 Å². The summed E-state index contributed by atoms with van der Waals surface area (Å²) in [5.41, 5.74) is 7.38. The Balaban J connectivity index is 0.873. The van der Waals surface area contributed by atoms with Gasteiger partial charge in [0, 0.05) is 140 Å². The number of aromatic nitrogens is 1. The van der Waals surface area contributed by atoms with Crippen molar-refractivity contribution in [3.63, 3.8) is 0 Å². The molecule has 2 fully saturated rings. The first kappa shape index (κ1) is 111. The number of aliphatic hydroxyl groups is 1. The maximum atomic E-state index is 14.4. The van der Waals surface area contributed by atoms with E-state index in [4.69, 9.17) is 39.9 Å². The van der Waals surface area contributed by atoms with Gasteiger partial charge >= 0.3 is 28.5 Å². The third kappa shape index (κ3) is 48.3. The fourth-order valence-electron chi connectivity index (χ4n) is 13.3. The number of aliphatic carboxylic acids is 1. The third-order valence-electron chi connectivity index (χ3n) is 20.2. The van der Waals surface area contributed by atoms with E-state index < -0.39 is 129 Å². The summed E-state index contributed by atoms with van der Waals surface area (Å²) in [6.45, 7) is 3.90.